The molecule has 0 aromatic heterocycles. The molecule has 0 heterocycles. The molecule has 1 fully saturated rings. The van der Waals surface area contributed by atoms with Crippen molar-refractivity contribution >= 4 is 29.9 Å². The first-order valence-corrected chi connectivity index (χ1v) is 6.56. The van der Waals surface area contributed by atoms with Crippen molar-refractivity contribution in [2.45, 2.75) is 46.5 Å². The van der Waals surface area contributed by atoms with E-state index >= 15 is 0 Å². The maximum atomic E-state index is 4.25. The van der Waals surface area contributed by atoms with Gasteiger partial charge in [-0.05, 0) is 30.6 Å². The van der Waals surface area contributed by atoms with Gasteiger partial charge in [-0.3, -0.25) is 4.99 Å². The number of hydrogen-bond acceptors (Lipinski definition) is 1. The molecule has 0 aromatic rings. The zero-order chi connectivity index (χ0) is 12.0. The SMILES string of the molecule is CCC1(CNC(=NC)NCC(C)C)CCC1.I. The fourth-order valence-electron chi connectivity index (χ4n) is 2.12. The first-order valence-electron chi connectivity index (χ1n) is 6.56. The van der Waals surface area contributed by atoms with Crippen molar-refractivity contribution in [2.75, 3.05) is 20.1 Å². The molecule has 1 aliphatic carbocycles. The number of guanidine groups is 1. The van der Waals surface area contributed by atoms with Gasteiger partial charge in [0.1, 0.15) is 0 Å². The van der Waals surface area contributed by atoms with Gasteiger partial charge in [-0.25, -0.2) is 0 Å². The van der Waals surface area contributed by atoms with Gasteiger partial charge < -0.3 is 10.6 Å². The molecule has 0 bridgehead atoms. The average molecular weight is 353 g/mol. The molecular weight excluding hydrogens is 325 g/mol. The molecule has 102 valence electrons. The van der Waals surface area contributed by atoms with E-state index in [0.29, 0.717) is 11.3 Å². The normalized spacial score (nSPS) is 18.3. The van der Waals surface area contributed by atoms with Crippen molar-refractivity contribution in [2.24, 2.45) is 16.3 Å². The van der Waals surface area contributed by atoms with Crippen LogP contribution in [0.5, 0.6) is 0 Å². The standard InChI is InChI=1S/C13H27N3.HI/c1-5-13(7-6-8-13)10-16-12(14-4)15-9-11(2)3;/h11H,5-10H2,1-4H3,(H2,14,15,16);1H. The Balaban J connectivity index is 0.00000256. The van der Waals surface area contributed by atoms with Crippen molar-refractivity contribution in [3.63, 3.8) is 0 Å². The van der Waals surface area contributed by atoms with Crippen LogP contribution in [0, 0.1) is 11.3 Å². The van der Waals surface area contributed by atoms with Gasteiger partial charge in [-0.1, -0.05) is 27.2 Å². The number of hydrogen-bond donors (Lipinski definition) is 2. The van der Waals surface area contributed by atoms with E-state index < -0.39 is 0 Å². The van der Waals surface area contributed by atoms with Crippen LogP contribution in [0.2, 0.25) is 0 Å². The predicted octanol–water partition coefficient (Wildman–Crippen LogP) is 3.01. The van der Waals surface area contributed by atoms with Crippen LogP contribution in [-0.2, 0) is 0 Å². The third-order valence-corrected chi connectivity index (χ3v) is 3.70. The molecule has 17 heavy (non-hydrogen) atoms. The Bertz CT molecular complexity index is 229. The molecule has 0 radical (unpaired) electrons. The summed E-state index contributed by atoms with van der Waals surface area (Å²) in [5.74, 6) is 1.61. The fourth-order valence-corrected chi connectivity index (χ4v) is 2.12. The molecule has 1 saturated carbocycles. The van der Waals surface area contributed by atoms with Crippen molar-refractivity contribution < 1.29 is 0 Å². The lowest BCUT2D eigenvalue weighted by Gasteiger charge is -2.41. The molecule has 2 N–H and O–H groups in total. The quantitative estimate of drug-likeness (QED) is 0.453. The molecule has 0 spiro atoms. The Labute approximate surface area is 123 Å². The Morgan fingerprint density at radius 2 is 1.94 bits per heavy atom. The average Bonchev–Trinajstić information content (AvgIpc) is 2.21. The highest BCUT2D eigenvalue weighted by molar-refractivity contribution is 14.0. The van der Waals surface area contributed by atoms with Crippen molar-refractivity contribution in [3.8, 4) is 0 Å². The van der Waals surface area contributed by atoms with Crippen LogP contribution in [0.3, 0.4) is 0 Å². The summed E-state index contributed by atoms with van der Waals surface area (Å²) in [5, 5.41) is 6.81. The number of halogens is 1. The van der Waals surface area contributed by atoms with Gasteiger partial charge in [0.05, 0.1) is 0 Å². The number of aliphatic imine (C=N–C) groups is 1. The smallest absolute Gasteiger partial charge is 0.191 e. The molecule has 0 amide bonds. The summed E-state index contributed by atoms with van der Waals surface area (Å²) in [5.41, 5.74) is 0.551. The summed E-state index contributed by atoms with van der Waals surface area (Å²) in [6, 6.07) is 0. The maximum absolute atomic E-state index is 4.25. The lowest BCUT2D eigenvalue weighted by molar-refractivity contribution is 0.131. The van der Waals surface area contributed by atoms with E-state index in [2.05, 4.69) is 36.4 Å². The van der Waals surface area contributed by atoms with Crippen LogP contribution in [0.1, 0.15) is 46.5 Å². The molecule has 1 rings (SSSR count). The highest BCUT2D eigenvalue weighted by atomic mass is 127. The summed E-state index contributed by atoms with van der Waals surface area (Å²) < 4.78 is 0. The van der Waals surface area contributed by atoms with Gasteiger partial charge in [0.2, 0.25) is 0 Å². The molecule has 1 aliphatic rings. The first-order chi connectivity index (χ1) is 7.62. The Morgan fingerprint density at radius 3 is 2.29 bits per heavy atom. The fraction of sp³-hybridized carbons (Fsp3) is 0.923. The van der Waals surface area contributed by atoms with Gasteiger partial charge in [0, 0.05) is 20.1 Å². The summed E-state index contributed by atoms with van der Waals surface area (Å²) in [7, 11) is 1.84. The Kier molecular flexibility index (Phi) is 8.16. The topological polar surface area (TPSA) is 36.4 Å². The second-order valence-electron chi connectivity index (χ2n) is 5.41. The van der Waals surface area contributed by atoms with E-state index in [-0.39, 0.29) is 24.0 Å². The molecule has 0 unspecified atom stereocenters. The molecule has 0 atom stereocenters. The van der Waals surface area contributed by atoms with Crippen LogP contribution in [0.25, 0.3) is 0 Å². The van der Waals surface area contributed by atoms with Crippen molar-refractivity contribution in [1.82, 2.24) is 10.6 Å². The van der Waals surface area contributed by atoms with E-state index in [1.807, 2.05) is 7.05 Å². The van der Waals surface area contributed by atoms with Crippen molar-refractivity contribution in [1.29, 1.82) is 0 Å². The zero-order valence-corrected chi connectivity index (χ0v) is 14.0. The van der Waals surface area contributed by atoms with Gasteiger partial charge in [0.15, 0.2) is 5.96 Å². The number of nitrogens with one attached hydrogen (secondary N) is 2. The molecule has 0 saturated heterocycles. The monoisotopic (exact) mass is 353 g/mol. The highest BCUT2D eigenvalue weighted by Gasteiger charge is 2.34. The lowest BCUT2D eigenvalue weighted by Crippen LogP contribution is -2.46. The van der Waals surface area contributed by atoms with Crippen LogP contribution in [0.15, 0.2) is 4.99 Å². The minimum absolute atomic E-state index is 0. The maximum Gasteiger partial charge on any atom is 0.191 e. The molecule has 0 aliphatic heterocycles. The zero-order valence-electron chi connectivity index (χ0n) is 11.7. The van der Waals surface area contributed by atoms with Crippen LogP contribution in [0.4, 0.5) is 0 Å². The predicted molar refractivity (Wildman–Crippen MR) is 86.2 cm³/mol. The van der Waals surface area contributed by atoms with E-state index in [1.54, 1.807) is 0 Å². The summed E-state index contributed by atoms with van der Waals surface area (Å²) >= 11 is 0. The van der Waals surface area contributed by atoms with Gasteiger partial charge in [-0.2, -0.15) is 0 Å². The van der Waals surface area contributed by atoms with E-state index in [0.717, 1.165) is 19.0 Å². The Morgan fingerprint density at radius 1 is 1.29 bits per heavy atom. The van der Waals surface area contributed by atoms with Crippen LogP contribution < -0.4 is 10.6 Å². The lowest BCUT2D eigenvalue weighted by atomic mass is 9.67. The third kappa shape index (κ3) is 5.44. The van der Waals surface area contributed by atoms with Crippen molar-refractivity contribution in [3.05, 3.63) is 0 Å². The second kappa shape index (κ2) is 8.16. The molecule has 0 aromatic carbocycles. The summed E-state index contributed by atoms with van der Waals surface area (Å²) in [4.78, 5) is 4.25. The number of rotatable bonds is 5. The summed E-state index contributed by atoms with van der Waals surface area (Å²) in [6.45, 7) is 8.77. The van der Waals surface area contributed by atoms with Crippen LogP contribution >= 0.6 is 24.0 Å². The third-order valence-electron chi connectivity index (χ3n) is 3.70. The van der Waals surface area contributed by atoms with E-state index in [9.17, 15) is 0 Å². The number of nitrogens with zero attached hydrogens (tertiary/aromatic N) is 1. The largest absolute Gasteiger partial charge is 0.356 e. The van der Waals surface area contributed by atoms with E-state index in [4.69, 9.17) is 0 Å². The highest BCUT2D eigenvalue weighted by Crippen LogP contribution is 2.42. The van der Waals surface area contributed by atoms with Crippen LogP contribution in [-0.4, -0.2) is 26.1 Å². The van der Waals surface area contributed by atoms with E-state index in [1.165, 1.54) is 25.7 Å². The Hall–Kier alpha value is 0. The molecule has 4 heteroatoms. The molecule has 3 nitrogen and oxygen atoms in total. The minimum Gasteiger partial charge on any atom is -0.356 e. The van der Waals surface area contributed by atoms with Gasteiger partial charge in [-0.15, -0.1) is 24.0 Å². The van der Waals surface area contributed by atoms with Gasteiger partial charge in [0.25, 0.3) is 0 Å². The second-order valence-corrected chi connectivity index (χ2v) is 5.41. The minimum atomic E-state index is 0. The van der Waals surface area contributed by atoms with Gasteiger partial charge >= 0.3 is 0 Å². The first kappa shape index (κ1) is 17.0. The molecular formula is C13H28IN3. The summed E-state index contributed by atoms with van der Waals surface area (Å²) in [6.07, 6.45) is 5.42.